The third-order valence-corrected chi connectivity index (χ3v) is 4.29. The summed E-state index contributed by atoms with van der Waals surface area (Å²) in [7, 11) is 0. The standard InChI is InChI=1S/C22H20O/c1-17(22(23)20-15-9-4-10-16-20)21(18-11-5-2-6-12-18)19-13-7-3-8-14-19/h2-17,21H,1H3. The molecule has 0 saturated heterocycles. The third kappa shape index (κ3) is 3.40. The molecule has 0 amide bonds. The number of hydrogen-bond acceptors (Lipinski definition) is 1. The van der Waals surface area contributed by atoms with Gasteiger partial charge in [0, 0.05) is 17.4 Å². The van der Waals surface area contributed by atoms with E-state index in [9.17, 15) is 4.79 Å². The molecule has 3 aromatic carbocycles. The number of ketones is 1. The van der Waals surface area contributed by atoms with Crippen LogP contribution < -0.4 is 0 Å². The van der Waals surface area contributed by atoms with Gasteiger partial charge in [-0.05, 0) is 11.1 Å². The Bertz CT molecular complexity index is 708. The van der Waals surface area contributed by atoms with Crippen molar-refractivity contribution >= 4 is 5.78 Å². The fraction of sp³-hybridized carbons (Fsp3) is 0.136. The third-order valence-electron chi connectivity index (χ3n) is 4.29. The van der Waals surface area contributed by atoms with E-state index in [1.54, 1.807) is 0 Å². The second-order valence-electron chi connectivity index (χ2n) is 5.82. The van der Waals surface area contributed by atoms with E-state index in [0.29, 0.717) is 0 Å². The number of carbonyl (C=O) groups excluding carboxylic acids is 1. The van der Waals surface area contributed by atoms with Crippen LogP contribution in [0.15, 0.2) is 91.0 Å². The highest BCUT2D eigenvalue weighted by Crippen LogP contribution is 2.33. The van der Waals surface area contributed by atoms with Gasteiger partial charge in [-0.25, -0.2) is 0 Å². The molecule has 114 valence electrons. The summed E-state index contributed by atoms with van der Waals surface area (Å²) in [5.74, 6) is 0.121. The first-order valence-corrected chi connectivity index (χ1v) is 7.96. The summed E-state index contributed by atoms with van der Waals surface area (Å²) in [6, 6.07) is 30.1. The molecule has 1 unspecified atom stereocenters. The lowest BCUT2D eigenvalue weighted by Gasteiger charge is -2.24. The Labute approximate surface area is 137 Å². The molecule has 0 aliphatic rings. The number of Topliss-reactive ketones (excluding diaryl/α,β-unsaturated/α-hetero) is 1. The second kappa shape index (κ2) is 7.06. The molecule has 23 heavy (non-hydrogen) atoms. The molecular weight excluding hydrogens is 280 g/mol. The van der Waals surface area contributed by atoms with Crippen molar-refractivity contribution in [2.75, 3.05) is 0 Å². The highest BCUT2D eigenvalue weighted by Gasteiger charge is 2.27. The maximum atomic E-state index is 12.9. The van der Waals surface area contributed by atoms with Crippen LogP contribution in [0.2, 0.25) is 0 Å². The van der Waals surface area contributed by atoms with Gasteiger partial charge in [0.25, 0.3) is 0 Å². The predicted molar refractivity (Wildman–Crippen MR) is 94.7 cm³/mol. The molecule has 0 aliphatic carbocycles. The van der Waals surface area contributed by atoms with E-state index >= 15 is 0 Å². The van der Waals surface area contributed by atoms with Crippen LogP contribution in [0.1, 0.15) is 34.3 Å². The summed E-state index contributed by atoms with van der Waals surface area (Å²) in [6.45, 7) is 2.03. The van der Waals surface area contributed by atoms with Crippen molar-refractivity contribution in [1.82, 2.24) is 0 Å². The zero-order valence-electron chi connectivity index (χ0n) is 13.2. The predicted octanol–water partition coefficient (Wildman–Crippen LogP) is 5.34. The molecule has 0 fully saturated rings. The highest BCUT2D eigenvalue weighted by molar-refractivity contribution is 5.98. The molecule has 0 aliphatic heterocycles. The highest BCUT2D eigenvalue weighted by atomic mass is 16.1. The molecule has 1 heteroatoms. The minimum absolute atomic E-state index is 0.0603. The van der Waals surface area contributed by atoms with Crippen LogP contribution in [0.3, 0.4) is 0 Å². The summed E-state index contributed by atoms with van der Waals surface area (Å²) in [6.07, 6.45) is 0. The van der Waals surface area contributed by atoms with Crippen LogP contribution in [-0.4, -0.2) is 5.78 Å². The van der Waals surface area contributed by atoms with Crippen molar-refractivity contribution in [1.29, 1.82) is 0 Å². The van der Waals surface area contributed by atoms with Crippen molar-refractivity contribution in [2.45, 2.75) is 12.8 Å². The Morgan fingerprint density at radius 3 is 1.48 bits per heavy atom. The molecule has 0 heterocycles. The topological polar surface area (TPSA) is 17.1 Å². The van der Waals surface area contributed by atoms with Crippen molar-refractivity contribution in [3.63, 3.8) is 0 Å². The first kappa shape index (κ1) is 15.2. The van der Waals surface area contributed by atoms with Crippen LogP contribution in [0.25, 0.3) is 0 Å². The van der Waals surface area contributed by atoms with E-state index in [1.165, 1.54) is 11.1 Å². The Morgan fingerprint density at radius 2 is 1.04 bits per heavy atom. The molecule has 0 spiro atoms. The minimum Gasteiger partial charge on any atom is -0.294 e. The van der Waals surface area contributed by atoms with Gasteiger partial charge in [-0.2, -0.15) is 0 Å². The Hall–Kier alpha value is -2.67. The van der Waals surface area contributed by atoms with E-state index in [2.05, 4.69) is 24.3 Å². The van der Waals surface area contributed by atoms with Crippen molar-refractivity contribution in [3.8, 4) is 0 Å². The van der Waals surface area contributed by atoms with Gasteiger partial charge in [-0.1, -0.05) is 97.9 Å². The molecule has 1 nitrogen and oxygen atoms in total. The lowest BCUT2D eigenvalue weighted by atomic mass is 9.78. The number of rotatable bonds is 5. The molecular formula is C22H20O. The fourth-order valence-corrected chi connectivity index (χ4v) is 3.11. The van der Waals surface area contributed by atoms with Crippen molar-refractivity contribution in [3.05, 3.63) is 108 Å². The zero-order chi connectivity index (χ0) is 16.1. The summed E-state index contributed by atoms with van der Waals surface area (Å²) in [5.41, 5.74) is 3.13. The Balaban J connectivity index is 2.00. The van der Waals surface area contributed by atoms with Gasteiger partial charge in [0.1, 0.15) is 0 Å². The van der Waals surface area contributed by atoms with E-state index in [-0.39, 0.29) is 17.6 Å². The summed E-state index contributed by atoms with van der Waals surface area (Å²) in [4.78, 5) is 12.9. The van der Waals surface area contributed by atoms with Crippen LogP contribution >= 0.6 is 0 Å². The molecule has 3 rings (SSSR count). The molecule has 0 bridgehead atoms. The largest absolute Gasteiger partial charge is 0.294 e. The van der Waals surface area contributed by atoms with Gasteiger partial charge < -0.3 is 0 Å². The molecule has 3 aromatic rings. The van der Waals surface area contributed by atoms with Crippen LogP contribution in [0, 0.1) is 5.92 Å². The molecule has 1 atom stereocenters. The number of benzene rings is 3. The Morgan fingerprint density at radius 1 is 0.652 bits per heavy atom. The fourth-order valence-electron chi connectivity index (χ4n) is 3.11. The first-order valence-electron chi connectivity index (χ1n) is 7.96. The minimum atomic E-state index is -0.123. The maximum absolute atomic E-state index is 12.9. The summed E-state index contributed by atoms with van der Waals surface area (Å²) < 4.78 is 0. The molecule has 0 saturated carbocycles. The summed E-state index contributed by atoms with van der Waals surface area (Å²) in [5, 5.41) is 0. The van der Waals surface area contributed by atoms with Crippen molar-refractivity contribution in [2.24, 2.45) is 5.92 Å². The normalized spacial score (nSPS) is 12.1. The lowest BCUT2D eigenvalue weighted by Crippen LogP contribution is -2.21. The van der Waals surface area contributed by atoms with Gasteiger partial charge in [0.15, 0.2) is 5.78 Å². The van der Waals surface area contributed by atoms with E-state index in [1.807, 2.05) is 73.7 Å². The van der Waals surface area contributed by atoms with Crippen LogP contribution in [0.4, 0.5) is 0 Å². The van der Waals surface area contributed by atoms with E-state index < -0.39 is 0 Å². The smallest absolute Gasteiger partial charge is 0.166 e. The first-order chi connectivity index (χ1) is 11.3. The average molecular weight is 300 g/mol. The van der Waals surface area contributed by atoms with Gasteiger partial charge in [0.05, 0.1) is 0 Å². The Kier molecular flexibility index (Phi) is 4.68. The van der Waals surface area contributed by atoms with Crippen LogP contribution in [-0.2, 0) is 0 Å². The lowest BCUT2D eigenvalue weighted by molar-refractivity contribution is 0.0919. The number of carbonyl (C=O) groups is 1. The van der Waals surface area contributed by atoms with Crippen LogP contribution in [0.5, 0.6) is 0 Å². The molecule has 0 radical (unpaired) electrons. The number of hydrogen-bond donors (Lipinski definition) is 0. The monoisotopic (exact) mass is 300 g/mol. The van der Waals surface area contributed by atoms with Gasteiger partial charge in [0.2, 0.25) is 0 Å². The molecule has 0 aromatic heterocycles. The van der Waals surface area contributed by atoms with Gasteiger partial charge in [-0.15, -0.1) is 0 Å². The average Bonchev–Trinajstić information content (AvgIpc) is 2.64. The quantitative estimate of drug-likeness (QED) is 0.581. The summed E-state index contributed by atoms with van der Waals surface area (Å²) >= 11 is 0. The SMILES string of the molecule is CC(C(=O)c1ccccc1)C(c1ccccc1)c1ccccc1. The van der Waals surface area contributed by atoms with Gasteiger partial charge in [-0.3, -0.25) is 4.79 Å². The second-order valence-corrected chi connectivity index (χ2v) is 5.82. The van der Waals surface area contributed by atoms with E-state index in [4.69, 9.17) is 0 Å². The van der Waals surface area contributed by atoms with Gasteiger partial charge >= 0.3 is 0 Å². The molecule has 0 N–H and O–H groups in total. The van der Waals surface area contributed by atoms with E-state index in [0.717, 1.165) is 5.56 Å². The maximum Gasteiger partial charge on any atom is 0.166 e. The zero-order valence-corrected chi connectivity index (χ0v) is 13.2. The van der Waals surface area contributed by atoms with Crippen molar-refractivity contribution < 1.29 is 4.79 Å².